The molecule has 0 unspecified atom stereocenters. The maximum Gasteiger partial charge on any atom is 0.264 e. The first-order valence-electron chi connectivity index (χ1n) is 9.72. The van der Waals surface area contributed by atoms with Crippen LogP contribution in [0, 0.1) is 13.8 Å². The predicted molar refractivity (Wildman–Crippen MR) is 129 cm³/mol. The summed E-state index contributed by atoms with van der Waals surface area (Å²) in [5, 5.41) is 5.36. The Hall–Kier alpha value is -3.70. The van der Waals surface area contributed by atoms with Gasteiger partial charge in [0.2, 0.25) is 5.95 Å². The Bertz CT molecular complexity index is 1320. The van der Waals surface area contributed by atoms with Crippen molar-refractivity contribution in [1.29, 1.82) is 0 Å². The summed E-state index contributed by atoms with van der Waals surface area (Å²) in [5.41, 5.74) is 2.46. The molecule has 170 valence electrons. The molecule has 3 rings (SSSR count). The van der Waals surface area contributed by atoms with Crippen LogP contribution in [0.15, 0.2) is 59.5 Å². The first-order chi connectivity index (χ1) is 15.5. The molecule has 11 heteroatoms. The molecular weight excluding hydrogens is 462 g/mol. The molecule has 0 aliphatic carbocycles. The number of aryl methyl sites for hydroxylation is 2. The topological polar surface area (TPSA) is 130 Å². The van der Waals surface area contributed by atoms with E-state index in [1.807, 2.05) is 0 Å². The van der Waals surface area contributed by atoms with Gasteiger partial charge in [0.25, 0.3) is 15.9 Å². The molecule has 1 heterocycles. The molecule has 2 aromatic carbocycles. The van der Waals surface area contributed by atoms with E-state index in [0.29, 0.717) is 22.6 Å². The Morgan fingerprint density at radius 2 is 1.52 bits per heavy atom. The lowest BCUT2D eigenvalue weighted by Gasteiger charge is -2.11. The standard InChI is InChI=1S/C22H21N5O4S2/c1-13-11-14(2)24-21(23-13)27-33(30,31)19-9-7-18(8-10-19)25-22(32)26-20(29)17-6-4-5-16(12-17)15(3)28/h4-12H,1-3H3,(H,23,24,27)(H2,25,26,29,32). The van der Waals surface area contributed by atoms with Crippen LogP contribution >= 0.6 is 12.2 Å². The highest BCUT2D eigenvalue weighted by atomic mass is 32.2. The van der Waals surface area contributed by atoms with Crippen molar-refractivity contribution >= 4 is 50.7 Å². The van der Waals surface area contributed by atoms with Crippen LogP contribution in [0.2, 0.25) is 0 Å². The van der Waals surface area contributed by atoms with Gasteiger partial charge in [0.1, 0.15) is 0 Å². The Morgan fingerprint density at radius 3 is 2.12 bits per heavy atom. The first kappa shape index (κ1) is 24.0. The van der Waals surface area contributed by atoms with Crippen molar-refractivity contribution < 1.29 is 18.0 Å². The number of carbonyl (C=O) groups excluding carboxylic acids is 2. The van der Waals surface area contributed by atoms with Crippen molar-refractivity contribution in [3.8, 4) is 0 Å². The largest absolute Gasteiger partial charge is 0.332 e. The lowest BCUT2D eigenvalue weighted by Crippen LogP contribution is -2.34. The van der Waals surface area contributed by atoms with Gasteiger partial charge < -0.3 is 5.32 Å². The Labute approximate surface area is 196 Å². The average molecular weight is 484 g/mol. The van der Waals surface area contributed by atoms with Gasteiger partial charge in [-0.25, -0.2) is 23.1 Å². The molecule has 0 radical (unpaired) electrons. The number of nitrogens with one attached hydrogen (secondary N) is 3. The van der Waals surface area contributed by atoms with Crippen LogP contribution in [-0.2, 0) is 10.0 Å². The molecule has 0 atom stereocenters. The molecule has 1 aromatic heterocycles. The number of Topliss-reactive ketones (excluding diaryl/α,β-unsaturated/α-hetero) is 1. The molecule has 0 spiro atoms. The van der Waals surface area contributed by atoms with Crippen LogP contribution in [0.25, 0.3) is 0 Å². The van der Waals surface area contributed by atoms with Crippen molar-refractivity contribution in [3.05, 3.63) is 77.1 Å². The number of benzene rings is 2. The van der Waals surface area contributed by atoms with E-state index in [2.05, 4.69) is 25.3 Å². The maximum atomic E-state index is 12.6. The van der Waals surface area contributed by atoms with E-state index >= 15 is 0 Å². The second kappa shape index (κ2) is 9.84. The zero-order chi connectivity index (χ0) is 24.2. The Kier molecular flexibility index (Phi) is 7.14. The molecule has 0 aliphatic heterocycles. The van der Waals surface area contributed by atoms with Gasteiger partial charge in [-0.2, -0.15) is 0 Å². The molecule has 0 aliphatic rings. The molecule has 0 saturated carbocycles. The van der Waals surface area contributed by atoms with Crippen molar-refractivity contribution in [2.75, 3.05) is 10.0 Å². The van der Waals surface area contributed by atoms with E-state index in [1.165, 1.54) is 37.3 Å². The fourth-order valence-corrected chi connectivity index (χ4v) is 4.04. The molecule has 9 nitrogen and oxygen atoms in total. The molecule has 3 aromatic rings. The summed E-state index contributed by atoms with van der Waals surface area (Å²) < 4.78 is 27.6. The lowest BCUT2D eigenvalue weighted by molar-refractivity contribution is 0.0977. The fraction of sp³-hybridized carbons (Fsp3) is 0.136. The van der Waals surface area contributed by atoms with Crippen LogP contribution in [0.1, 0.15) is 39.0 Å². The average Bonchev–Trinajstić information content (AvgIpc) is 2.73. The van der Waals surface area contributed by atoms with E-state index in [1.54, 1.807) is 38.1 Å². The molecule has 0 fully saturated rings. The summed E-state index contributed by atoms with van der Waals surface area (Å²) >= 11 is 5.16. The summed E-state index contributed by atoms with van der Waals surface area (Å²) in [6, 6.07) is 13.8. The molecule has 3 N–H and O–H groups in total. The number of sulfonamides is 1. The summed E-state index contributed by atoms with van der Waals surface area (Å²) in [6.45, 7) is 4.90. The van der Waals surface area contributed by atoms with Crippen LogP contribution < -0.4 is 15.4 Å². The van der Waals surface area contributed by atoms with Crippen molar-refractivity contribution in [2.45, 2.75) is 25.7 Å². The monoisotopic (exact) mass is 483 g/mol. The highest BCUT2D eigenvalue weighted by Crippen LogP contribution is 2.17. The number of hydrogen-bond acceptors (Lipinski definition) is 7. The van der Waals surface area contributed by atoms with Gasteiger partial charge in [-0.15, -0.1) is 0 Å². The number of rotatable bonds is 6. The highest BCUT2D eigenvalue weighted by Gasteiger charge is 2.16. The summed E-state index contributed by atoms with van der Waals surface area (Å²) in [5.74, 6) is -0.640. The van der Waals surface area contributed by atoms with Gasteiger partial charge in [0.15, 0.2) is 10.9 Å². The molecule has 33 heavy (non-hydrogen) atoms. The van der Waals surface area contributed by atoms with Crippen molar-refractivity contribution in [2.24, 2.45) is 0 Å². The summed E-state index contributed by atoms with van der Waals surface area (Å²) in [7, 11) is -3.89. The first-order valence-corrected chi connectivity index (χ1v) is 11.6. The number of hydrogen-bond donors (Lipinski definition) is 3. The lowest BCUT2D eigenvalue weighted by atomic mass is 10.1. The molecule has 1 amide bonds. The van der Waals surface area contributed by atoms with Crippen LogP contribution in [0.5, 0.6) is 0 Å². The SMILES string of the molecule is CC(=O)c1cccc(C(=O)NC(=S)Nc2ccc(S(=O)(=O)Nc3nc(C)cc(C)n3)cc2)c1. The molecule has 0 saturated heterocycles. The number of nitrogens with zero attached hydrogens (tertiary/aromatic N) is 2. The van der Waals surface area contributed by atoms with Crippen molar-refractivity contribution in [1.82, 2.24) is 15.3 Å². The number of amides is 1. The van der Waals surface area contributed by atoms with Crippen molar-refractivity contribution in [3.63, 3.8) is 0 Å². The third-order valence-corrected chi connectivity index (χ3v) is 5.94. The second-order valence-electron chi connectivity index (χ2n) is 7.15. The quantitative estimate of drug-likeness (QED) is 0.360. The predicted octanol–water partition coefficient (Wildman–Crippen LogP) is 3.22. The Morgan fingerprint density at radius 1 is 0.909 bits per heavy atom. The van der Waals surface area contributed by atoms with E-state index in [-0.39, 0.29) is 27.3 Å². The summed E-state index contributed by atoms with van der Waals surface area (Å²) in [6.07, 6.45) is 0. The second-order valence-corrected chi connectivity index (χ2v) is 9.24. The Balaban J connectivity index is 1.65. The van der Waals surface area contributed by atoms with E-state index < -0.39 is 15.9 Å². The van der Waals surface area contributed by atoms with Gasteiger partial charge in [0.05, 0.1) is 4.90 Å². The normalized spacial score (nSPS) is 10.9. The number of aromatic nitrogens is 2. The summed E-state index contributed by atoms with van der Waals surface area (Å²) in [4.78, 5) is 32.0. The zero-order valence-electron chi connectivity index (χ0n) is 18.0. The van der Waals surface area contributed by atoms with Gasteiger partial charge in [-0.1, -0.05) is 12.1 Å². The zero-order valence-corrected chi connectivity index (χ0v) is 19.7. The van der Waals surface area contributed by atoms with Gasteiger partial charge in [-0.3, -0.25) is 14.9 Å². The van der Waals surface area contributed by atoms with Crippen LogP contribution in [0.4, 0.5) is 11.6 Å². The van der Waals surface area contributed by atoms with E-state index in [9.17, 15) is 18.0 Å². The third-order valence-electron chi connectivity index (χ3n) is 4.39. The van der Waals surface area contributed by atoms with Gasteiger partial charge >= 0.3 is 0 Å². The molecular formula is C22H21N5O4S2. The maximum absolute atomic E-state index is 12.6. The number of thiocarbonyl (C=S) groups is 1. The van der Waals surface area contributed by atoms with Gasteiger partial charge in [0, 0.05) is 28.2 Å². The number of anilines is 2. The van der Waals surface area contributed by atoms with E-state index in [4.69, 9.17) is 12.2 Å². The van der Waals surface area contributed by atoms with E-state index in [0.717, 1.165) is 0 Å². The fourth-order valence-electron chi connectivity index (χ4n) is 2.89. The minimum Gasteiger partial charge on any atom is -0.332 e. The van der Waals surface area contributed by atoms with Crippen LogP contribution in [0.3, 0.4) is 0 Å². The number of carbonyl (C=O) groups is 2. The number of ketones is 1. The third kappa shape index (κ3) is 6.40. The minimum atomic E-state index is -3.89. The van der Waals surface area contributed by atoms with Crippen LogP contribution in [-0.4, -0.2) is 35.2 Å². The minimum absolute atomic E-state index is 0.00631. The molecule has 0 bridgehead atoms. The smallest absolute Gasteiger partial charge is 0.264 e. The van der Waals surface area contributed by atoms with Gasteiger partial charge in [-0.05, 0) is 75.5 Å². The highest BCUT2D eigenvalue weighted by molar-refractivity contribution is 7.92.